The maximum atomic E-state index is 13.2. The van der Waals surface area contributed by atoms with Crippen LogP contribution in [0.5, 0.6) is 5.75 Å². The van der Waals surface area contributed by atoms with Crippen molar-refractivity contribution in [3.63, 3.8) is 0 Å². The van der Waals surface area contributed by atoms with Crippen LogP contribution in [0, 0.1) is 5.41 Å². The Morgan fingerprint density at radius 1 is 1.17 bits per heavy atom. The number of ketones is 1. The van der Waals surface area contributed by atoms with E-state index in [0.29, 0.717) is 13.1 Å². The monoisotopic (exact) mass is 403 g/mol. The van der Waals surface area contributed by atoms with E-state index in [0.717, 1.165) is 40.9 Å². The summed E-state index contributed by atoms with van der Waals surface area (Å²) in [5.41, 5.74) is 3.85. The predicted octanol–water partition coefficient (Wildman–Crippen LogP) is 3.28. The summed E-state index contributed by atoms with van der Waals surface area (Å²) < 4.78 is 10.7. The Balaban J connectivity index is 1.60. The zero-order valence-electron chi connectivity index (χ0n) is 17.3. The number of allylic oxidation sites excluding steroid dienone is 1. The number of nitrogens with zero attached hydrogens (tertiary/aromatic N) is 1. The van der Waals surface area contributed by atoms with Gasteiger partial charge in [-0.25, -0.2) is 0 Å². The van der Waals surface area contributed by atoms with Gasteiger partial charge in [0.15, 0.2) is 5.78 Å². The average molecular weight is 403 g/mol. The second-order valence-electron chi connectivity index (χ2n) is 8.43. The Bertz CT molecular complexity index is 1040. The predicted molar refractivity (Wildman–Crippen MR) is 112 cm³/mol. The Morgan fingerprint density at radius 2 is 1.97 bits per heavy atom. The Kier molecular flexibility index (Phi) is 4.51. The lowest BCUT2D eigenvalue weighted by molar-refractivity contribution is -0.150. The first-order valence-electron chi connectivity index (χ1n) is 10.4. The van der Waals surface area contributed by atoms with Crippen LogP contribution in [0.3, 0.4) is 0 Å². The van der Waals surface area contributed by atoms with Gasteiger partial charge in [-0.1, -0.05) is 36.4 Å². The van der Waals surface area contributed by atoms with Gasteiger partial charge in [-0.15, -0.1) is 0 Å². The summed E-state index contributed by atoms with van der Waals surface area (Å²) in [6, 6.07) is 15.6. The highest BCUT2D eigenvalue weighted by atomic mass is 16.5. The molecule has 0 N–H and O–H groups in total. The first kappa shape index (κ1) is 19.1. The number of esters is 1. The van der Waals surface area contributed by atoms with Crippen molar-refractivity contribution < 1.29 is 19.1 Å². The number of hydrogen-bond donors (Lipinski definition) is 0. The fourth-order valence-corrected chi connectivity index (χ4v) is 5.85. The molecule has 0 amide bonds. The molecule has 1 fully saturated rings. The summed E-state index contributed by atoms with van der Waals surface area (Å²) >= 11 is 0. The van der Waals surface area contributed by atoms with Gasteiger partial charge in [-0.2, -0.15) is 0 Å². The molecule has 0 saturated carbocycles. The van der Waals surface area contributed by atoms with Gasteiger partial charge < -0.3 is 9.47 Å². The highest BCUT2D eigenvalue weighted by molar-refractivity contribution is 6.03. The van der Waals surface area contributed by atoms with E-state index in [1.54, 1.807) is 13.2 Å². The van der Waals surface area contributed by atoms with Crippen molar-refractivity contribution in [1.29, 1.82) is 0 Å². The first-order chi connectivity index (χ1) is 14.6. The number of rotatable bonds is 4. The summed E-state index contributed by atoms with van der Waals surface area (Å²) in [5.74, 6) is 0.298. The highest BCUT2D eigenvalue weighted by Crippen LogP contribution is 2.61. The van der Waals surface area contributed by atoms with E-state index in [9.17, 15) is 9.59 Å². The number of aryl methyl sites for hydroxylation is 1. The minimum absolute atomic E-state index is 0.101. The fourth-order valence-electron chi connectivity index (χ4n) is 5.85. The molecule has 0 bridgehead atoms. The Labute approximate surface area is 176 Å². The Hall–Kier alpha value is -2.92. The SMILES string of the molecule is COC(=O)[C@@H]1N(Cc2ccccc2)CC2=CC(=O)[C@@H]3c4ccc(OC)cc4CC[C@]231. The van der Waals surface area contributed by atoms with Crippen LogP contribution >= 0.6 is 0 Å². The molecule has 5 nitrogen and oxygen atoms in total. The number of methoxy groups -OCH3 is 2. The van der Waals surface area contributed by atoms with Crippen molar-refractivity contribution >= 4 is 11.8 Å². The van der Waals surface area contributed by atoms with E-state index in [4.69, 9.17) is 9.47 Å². The standard InChI is InChI=1S/C25H25NO4/c1-29-19-8-9-20-17(12-19)10-11-25-18(13-21(27)22(20)25)15-26(23(25)24(28)30-2)14-16-6-4-3-5-7-16/h3-9,12-13,22-23H,10-11,14-15H2,1-2H3/t22-,23-,25-/m0/s1. The second kappa shape index (κ2) is 7.10. The van der Waals surface area contributed by atoms with Crippen LogP contribution in [-0.2, 0) is 27.3 Å². The first-order valence-corrected chi connectivity index (χ1v) is 10.4. The second-order valence-corrected chi connectivity index (χ2v) is 8.43. The van der Waals surface area contributed by atoms with E-state index < -0.39 is 11.5 Å². The third-order valence-electron chi connectivity index (χ3n) is 7.06. The molecule has 154 valence electrons. The quantitative estimate of drug-likeness (QED) is 0.734. The molecule has 2 aromatic rings. The molecule has 1 aliphatic heterocycles. The molecule has 0 aromatic heterocycles. The lowest BCUT2D eigenvalue weighted by Gasteiger charge is -2.43. The van der Waals surface area contributed by atoms with Crippen molar-refractivity contribution in [3.8, 4) is 5.75 Å². The topological polar surface area (TPSA) is 55.8 Å². The minimum atomic E-state index is -0.527. The molecule has 5 rings (SSSR count). The van der Waals surface area contributed by atoms with Crippen LogP contribution in [0.2, 0.25) is 0 Å². The zero-order chi connectivity index (χ0) is 20.9. The van der Waals surface area contributed by atoms with E-state index >= 15 is 0 Å². The van der Waals surface area contributed by atoms with Crippen LogP contribution in [0.25, 0.3) is 0 Å². The average Bonchev–Trinajstić information content (AvgIpc) is 3.21. The Morgan fingerprint density at radius 3 is 2.70 bits per heavy atom. The molecule has 1 heterocycles. The van der Waals surface area contributed by atoms with Crippen LogP contribution in [0.1, 0.15) is 29.0 Å². The summed E-state index contributed by atoms with van der Waals surface area (Å²) in [6.45, 7) is 1.26. The van der Waals surface area contributed by atoms with E-state index in [1.807, 2.05) is 36.4 Å². The molecular formula is C25H25NO4. The van der Waals surface area contributed by atoms with Gasteiger partial charge in [-0.3, -0.25) is 14.5 Å². The number of hydrogen-bond acceptors (Lipinski definition) is 5. The summed E-state index contributed by atoms with van der Waals surface area (Å²) in [5, 5.41) is 0. The summed E-state index contributed by atoms with van der Waals surface area (Å²) in [4.78, 5) is 28.5. The number of carbonyl (C=O) groups excluding carboxylic acids is 2. The van der Waals surface area contributed by atoms with Gasteiger partial charge in [-0.05, 0) is 53.3 Å². The lowest BCUT2D eigenvalue weighted by Crippen LogP contribution is -2.50. The van der Waals surface area contributed by atoms with Gasteiger partial charge in [0.05, 0.1) is 20.1 Å². The number of carbonyl (C=O) groups is 2. The molecule has 1 saturated heterocycles. The van der Waals surface area contributed by atoms with E-state index in [1.165, 1.54) is 7.11 Å². The van der Waals surface area contributed by atoms with Gasteiger partial charge in [0, 0.05) is 18.5 Å². The molecule has 3 aliphatic rings. The molecule has 0 unspecified atom stereocenters. The smallest absolute Gasteiger partial charge is 0.324 e. The van der Waals surface area contributed by atoms with E-state index in [2.05, 4.69) is 17.0 Å². The molecule has 1 spiro atoms. The van der Waals surface area contributed by atoms with Crippen molar-refractivity contribution in [2.24, 2.45) is 5.41 Å². The zero-order valence-corrected chi connectivity index (χ0v) is 17.3. The van der Waals surface area contributed by atoms with Crippen molar-refractivity contribution in [3.05, 3.63) is 76.9 Å². The molecule has 0 radical (unpaired) electrons. The summed E-state index contributed by atoms with van der Waals surface area (Å²) in [7, 11) is 3.09. The molecule has 2 aromatic carbocycles. The lowest BCUT2D eigenvalue weighted by atomic mass is 9.60. The maximum absolute atomic E-state index is 13.2. The number of ether oxygens (including phenoxy) is 2. The highest BCUT2D eigenvalue weighted by Gasteiger charge is 2.64. The van der Waals surface area contributed by atoms with Crippen LogP contribution in [0.4, 0.5) is 0 Å². The molecule has 30 heavy (non-hydrogen) atoms. The number of likely N-dealkylation sites (tertiary alicyclic amines) is 1. The van der Waals surface area contributed by atoms with Gasteiger partial charge >= 0.3 is 5.97 Å². The normalized spacial score (nSPS) is 27.1. The minimum Gasteiger partial charge on any atom is -0.497 e. The van der Waals surface area contributed by atoms with Gasteiger partial charge in [0.25, 0.3) is 0 Å². The molecular weight excluding hydrogens is 378 g/mol. The van der Waals surface area contributed by atoms with Crippen molar-refractivity contribution in [1.82, 2.24) is 4.90 Å². The summed E-state index contributed by atoms with van der Waals surface area (Å²) in [6.07, 6.45) is 3.35. The van der Waals surface area contributed by atoms with Crippen molar-refractivity contribution in [2.75, 3.05) is 20.8 Å². The van der Waals surface area contributed by atoms with Gasteiger partial charge in [0.2, 0.25) is 0 Å². The fraction of sp³-hybridized carbons (Fsp3) is 0.360. The number of fused-ring (bicyclic) bond motifs is 2. The van der Waals surface area contributed by atoms with E-state index in [-0.39, 0.29) is 17.7 Å². The third-order valence-corrected chi connectivity index (χ3v) is 7.06. The van der Waals surface area contributed by atoms with Crippen LogP contribution < -0.4 is 4.74 Å². The largest absolute Gasteiger partial charge is 0.497 e. The third kappa shape index (κ3) is 2.65. The van der Waals surface area contributed by atoms with Crippen molar-refractivity contribution in [2.45, 2.75) is 31.3 Å². The maximum Gasteiger partial charge on any atom is 0.324 e. The molecule has 2 aliphatic carbocycles. The molecule has 5 heteroatoms. The van der Waals surface area contributed by atoms with Crippen LogP contribution in [0.15, 0.2) is 60.2 Å². The number of benzene rings is 2. The van der Waals surface area contributed by atoms with Gasteiger partial charge in [0.1, 0.15) is 11.8 Å². The molecule has 3 atom stereocenters. The van der Waals surface area contributed by atoms with Crippen LogP contribution in [-0.4, -0.2) is 43.5 Å².